The van der Waals surface area contributed by atoms with Gasteiger partial charge >= 0.3 is 0 Å². The van der Waals surface area contributed by atoms with Crippen molar-refractivity contribution >= 4 is 17.3 Å². The van der Waals surface area contributed by atoms with Gasteiger partial charge in [-0.25, -0.2) is 4.98 Å². The number of aromatic nitrogens is 3. The molecule has 0 amide bonds. The van der Waals surface area contributed by atoms with Crippen LogP contribution in [0.5, 0.6) is 0 Å². The lowest BCUT2D eigenvalue weighted by Crippen LogP contribution is -2.16. The number of hydrogen-bond donors (Lipinski definition) is 1. The summed E-state index contributed by atoms with van der Waals surface area (Å²) in [6, 6.07) is 2.00. The smallest absolute Gasteiger partial charge is 0.204 e. The first kappa shape index (κ1) is 14.2. The molecule has 0 atom stereocenters. The normalized spacial score (nSPS) is 10.4. The minimum absolute atomic E-state index is 0.712. The van der Waals surface area contributed by atoms with Gasteiger partial charge in [0, 0.05) is 41.4 Å². The van der Waals surface area contributed by atoms with Crippen molar-refractivity contribution in [3.05, 3.63) is 30.4 Å². The molecule has 2 aromatic heterocycles. The molecular weight excluding hydrogens is 252 g/mol. The Morgan fingerprint density at radius 2 is 1.90 bits per heavy atom. The first-order valence-electron chi connectivity index (χ1n) is 6.54. The lowest BCUT2D eigenvalue weighted by molar-refractivity contribution is 0.813. The Labute approximate surface area is 120 Å². The Bertz CT molecular complexity index is 573. The fourth-order valence-electron chi connectivity index (χ4n) is 2.11. The Morgan fingerprint density at radius 3 is 2.50 bits per heavy atom. The highest BCUT2D eigenvalue weighted by Crippen LogP contribution is 2.23. The SMILES string of the molecule is CN(C)c1ccncc1NCc1cnc(N(C)C)n1C. The molecule has 0 spiro atoms. The van der Waals surface area contributed by atoms with Gasteiger partial charge in [-0.15, -0.1) is 0 Å². The number of anilines is 3. The number of nitrogens with one attached hydrogen (secondary N) is 1. The van der Waals surface area contributed by atoms with Crippen LogP contribution in [0.1, 0.15) is 5.69 Å². The van der Waals surface area contributed by atoms with E-state index in [-0.39, 0.29) is 0 Å². The molecule has 0 aliphatic rings. The number of rotatable bonds is 5. The maximum Gasteiger partial charge on any atom is 0.204 e. The van der Waals surface area contributed by atoms with Crippen molar-refractivity contribution in [3.8, 4) is 0 Å². The molecule has 1 N–H and O–H groups in total. The molecule has 6 heteroatoms. The summed E-state index contributed by atoms with van der Waals surface area (Å²) in [5, 5.41) is 3.42. The van der Waals surface area contributed by atoms with Crippen LogP contribution in [0, 0.1) is 0 Å². The molecule has 0 fully saturated rings. The van der Waals surface area contributed by atoms with E-state index in [4.69, 9.17) is 0 Å². The molecule has 0 aliphatic carbocycles. The zero-order valence-corrected chi connectivity index (χ0v) is 12.8. The van der Waals surface area contributed by atoms with Crippen molar-refractivity contribution in [2.24, 2.45) is 7.05 Å². The van der Waals surface area contributed by atoms with Crippen molar-refractivity contribution in [1.82, 2.24) is 14.5 Å². The highest BCUT2D eigenvalue weighted by atomic mass is 15.3. The Hall–Kier alpha value is -2.24. The lowest BCUT2D eigenvalue weighted by Gasteiger charge is -2.18. The maximum atomic E-state index is 4.41. The monoisotopic (exact) mass is 274 g/mol. The molecule has 0 aromatic carbocycles. The first-order valence-corrected chi connectivity index (χ1v) is 6.54. The van der Waals surface area contributed by atoms with Gasteiger partial charge in [-0.1, -0.05) is 0 Å². The van der Waals surface area contributed by atoms with E-state index in [1.54, 1.807) is 6.20 Å². The summed E-state index contributed by atoms with van der Waals surface area (Å²) in [6.45, 7) is 0.712. The van der Waals surface area contributed by atoms with Crippen LogP contribution in [0.4, 0.5) is 17.3 Å². The largest absolute Gasteiger partial charge is 0.376 e. The third kappa shape index (κ3) is 2.84. The minimum Gasteiger partial charge on any atom is -0.376 e. The van der Waals surface area contributed by atoms with Crippen molar-refractivity contribution < 1.29 is 0 Å². The number of hydrogen-bond acceptors (Lipinski definition) is 5. The molecule has 0 saturated carbocycles. The molecule has 0 saturated heterocycles. The van der Waals surface area contributed by atoms with Crippen LogP contribution in [0.15, 0.2) is 24.7 Å². The molecule has 0 radical (unpaired) electrons. The molecule has 108 valence electrons. The van der Waals surface area contributed by atoms with E-state index >= 15 is 0 Å². The van der Waals surface area contributed by atoms with Crippen molar-refractivity contribution in [1.29, 1.82) is 0 Å². The van der Waals surface area contributed by atoms with Crippen LogP contribution in [-0.2, 0) is 13.6 Å². The zero-order chi connectivity index (χ0) is 14.7. The summed E-state index contributed by atoms with van der Waals surface area (Å²) >= 11 is 0. The van der Waals surface area contributed by atoms with Crippen LogP contribution in [-0.4, -0.2) is 42.7 Å². The molecule has 20 heavy (non-hydrogen) atoms. The van der Waals surface area contributed by atoms with Crippen molar-refractivity contribution in [2.75, 3.05) is 43.3 Å². The van der Waals surface area contributed by atoms with Crippen LogP contribution >= 0.6 is 0 Å². The lowest BCUT2D eigenvalue weighted by atomic mass is 10.3. The third-order valence-electron chi connectivity index (χ3n) is 3.20. The van der Waals surface area contributed by atoms with E-state index in [0.717, 1.165) is 23.0 Å². The predicted molar refractivity (Wildman–Crippen MR) is 83.4 cm³/mol. The van der Waals surface area contributed by atoms with Crippen LogP contribution in [0.2, 0.25) is 0 Å². The second-order valence-electron chi connectivity index (χ2n) is 5.14. The van der Waals surface area contributed by atoms with Crippen molar-refractivity contribution in [2.45, 2.75) is 6.54 Å². The van der Waals surface area contributed by atoms with Gasteiger partial charge in [-0.2, -0.15) is 0 Å². The molecule has 2 rings (SSSR count). The predicted octanol–water partition coefficient (Wildman–Crippen LogP) is 1.56. The van der Waals surface area contributed by atoms with E-state index in [1.165, 1.54) is 0 Å². The van der Waals surface area contributed by atoms with Gasteiger partial charge in [0.15, 0.2) is 0 Å². The average Bonchev–Trinajstić information content (AvgIpc) is 2.78. The Morgan fingerprint density at radius 1 is 1.15 bits per heavy atom. The Balaban J connectivity index is 2.13. The zero-order valence-electron chi connectivity index (χ0n) is 12.8. The quantitative estimate of drug-likeness (QED) is 0.896. The fourth-order valence-corrected chi connectivity index (χ4v) is 2.11. The van der Waals surface area contributed by atoms with Crippen LogP contribution in [0.3, 0.4) is 0 Å². The van der Waals surface area contributed by atoms with E-state index < -0.39 is 0 Å². The third-order valence-corrected chi connectivity index (χ3v) is 3.20. The summed E-state index contributed by atoms with van der Waals surface area (Å²) in [5.74, 6) is 0.945. The van der Waals surface area contributed by atoms with E-state index in [9.17, 15) is 0 Å². The van der Waals surface area contributed by atoms with Gasteiger partial charge in [-0.3, -0.25) is 4.98 Å². The maximum absolute atomic E-state index is 4.41. The highest BCUT2D eigenvalue weighted by Gasteiger charge is 2.09. The summed E-state index contributed by atoms with van der Waals surface area (Å²) in [7, 11) is 10.1. The standard InChI is InChI=1S/C14H22N6/c1-18(2)13-6-7-15-10-12(13)16-8-11-9-17-14(19(3)4)20(11)5/h6-7,9-10,16H,8H2,1-5H3. The van der Waals surface area contributed by atoms with E-state index in [0.29, 0.717) is 6.54 Å². The molecular formula is C14H22N6. The molecule has 6 nitrogen and oxygen atoms in total. The van der Waals surface area contributed by atoms with Gasteiger partial charge < -0.3 is 19.7 Å². The van der Waals surface area contributed by atoms with Gasteiger partial charge in [0.25, 0.3) is 0 Å². The number of imidazole rings is 1. The van der Waals surface area contributed by atoms with Crippen molar-refractivity contribution in [3.63, 3.8) is 0 Å². The average molecular weight is 274 g/mol. The summed E-state index contributed by atoms with van der Waals surface area (Å²) in [4.78, 5) is 12.7. The molecule has 2 aromatic rings. The molecule has 0 aliphatic heterocycles. The number of nitrogens with zero attached hydrogens (tertiary/aromatic N) is 5. The first-order chi connectivity index (χ1) is 9.50. The van der Waals surface area contributed by atoms with Gasteiger partial charge in [0.2, 0.25) is 5.95 Å². The van der Waals surface area contributed by atoms with Gasteiger partial charge in [0.05, 0.1) is 36.0 Å². The molecule has 0 unspecified atom stereocenters. The van der Waals surface area contributed by atoms with Crippen LogP contribution in [0.25, 0.3) is 0 Å². The highest BCUT2D eigenvalue weighted by molar-refractivity contribution is 5.68. The summed E-state index contributed by atoms with van der Waals surface area (Å²) in [6.07, 6.45) is 5.54. The van der Waals surface area contributed by atoms with Crippen LogP contribution < -0.4 is 15.1 Å². The van der Waals surface area contributed by atoms with E-state index in [1.807, 2.05) is 58.6 Å². The second-order valence-corrected chi connectivity index (χ2v) is 5.14. The number of pyridine rings is 1. The topological polar surface area (TPSA) is 49.2 Å². The molecule has 2 heterocycles. The molecule has 0 bridgehead atoms. The summed E-state index contributed by atoms with van der Waals surface area (Å²) in [5.41, 5.74) is 3.27. The second kappa shape index (κ2) is 5.81. The van der Waals surface area contributed by atoms with Gasteiger partial charge in [-0.05, 0) is 6.07 Å². The fraction of sp³-hybridized carbons (Fsp3) is 0.429. The van der Waals surface area contributed by atoms with E-state index in [2.05, 4.69) is 24.8 Å². The summed E-state index contributed by atoms with van der Waals surface area (Å²) < 4.78 is 2.08. The van der Waals surface area contributed by atoms with Gasteiger partial charge in [0.1, 0.15) is 0 Å². The minimum atomic E-state index is 0.712. The Kier molecular flexibility index (Phi) is 4.12.